The van der Waals surface area contributed by atoms with Crippen molar-refractivity contribution < 1.29 is 23.0 Å². The van der Waals surface area contributed by atoms with Gasteiger partial charge in [0.25, 0.3) is 0 Å². The summed E-state index contributed by atoms with van der Waals surface area (Å²) in [5.41, 5.74) is 13.7. The minimum absolute atomic E-state index is 0. The number of aromatic hydroxyl groups is 1. The highest BCUT2D eigenvalue weighted by Crippen LogP contribution is 2.40. The summed E-state index contributed by atoms with van der Waals surface area (Å²) in [5, 5.41) is 14.1. The summed E-state index contributed by atoms with van der Waals surface area (Å²) < 4.78 is 44.4. The maximum atomic E-state index is 12.8. The Hall–Kier alpha value is -3.61. The lowest BCUT2D eigenvalue weighted by Crippen LogP contribution is -2.29. The van der Waals surface area contributed by atoms with E-state index < -0.39 is 11.7 Å². The van der Waals surface area contributed by atoms with Gasteiger partial charge in [0.2, 0.25) is 0 Å². The lowest BCUT2D eigenvalue weighted by atomic mass is 9.87. The summed E-state index contributed by atoms with van der Waals surface area (Å²) in [4.78, 5) is 4.47. The van der Waals surface area contributed by atoms with Crippen molar-refractivity contribution in [3.05, 3.63) is 70.8 Å². The zero-order valence-corrected chi connectivity index (χ0v) is 20.0. The van der Waals surface area contributed by atoms with Gasteiger partial charge in [-0.15, -0.1) is 12.4 Å². The molecule has 1 atom stereocenters. The molecule has 0 radical (unpaired) electrons. The van der Waals surface area contributed by atoms with Crippen molar-refractivity contribution in [1.29, 1.82) is 0 Å². The number of benzene rings is 2. The number of halogens is 4. The van der Waals surface area contributed by atoms with Crippen molar-refractivity contribution in [3.8, 4) is 34.7 Å². The molecule has 1 aromatic heterocycles. The van der Waals surface area contributed by atoms with Crippen LogP contribution in [0.5, 0.6) is 11.5 Å². The third-order valence-electron chi connectivity index (χ3n) is 5.95. The van der Waals surface area contributed by atoms with E-state index in [1.54, 1.807) is 12.1 Å². The molecule has 0 aliphatic carbocycles. The molecule has 10 heteroatoms. The van der Waals surface area contributed by atoms with Crippen molar-refractivity contribution in [1.82, 2.24) is 10.3 Å². The first-order chi connectivity index (χ1) is 16.8. The van der Waals surface area contributed by atoms with E-state index in [9.17, 15) is 18.3 Å². The Bertz CT molecular complexity index is 1270. The molecule has 0 bridgehead atoms. The smallest absolute Gasteiger partial charge is 0.416 e. The molecule has 6 N–H and O–H groups in total. The average Bonchev–Trinajstić information content (AvgIpc) is 2.84. The lowest BCUT2D eigenvalue weighted by Gasteiger charge is -2.25. The number of nitrogens with two attached hydrogens (primary N) is 2. The van der Waals surface area contributed by atoms with Crippen LogP contribution in [0.3, 0.4) is 0 Å². The van der Waals surface area contributed by atoms with Gasteiger partial charge in [-0.2, -0.15) is 13.2 Å². The average molecular weight is 519 g/mol. The maximum absolute atomic E-state index is 12.8. The molecule has 2 heterocycles. The highest BCUT2D eigenvalue weighted by Gasteiger charge is 2.30. The number of piperidine rings is 1. The van der Waals surface area contributed by atoms with Gasteiger partial charge in [-0.3, -0.25) is 0 Å². The zero-order chi connectivity index (χ0) is 25.0. The molecule has 190 valence electrons. The van der Waals surface area contributed by atoms with E-state index in [-0.39, 0.29) is 36.5 Å². The van der Waals surface area contributed by atoms with Gasteiger partial charge < -0.3 is 26.6 Å². The van der Waals surface area contributed by atoms with Gasteiger partial charge >= 0.3 is 6.18 Å². The van der Waals surface area contributed by atoms with Gasteiger partial charge in [-0.05, 0) is 72.7 Å². The molecule has 6 nitrogen and oxygen atoms in total. The monoisotopic (exact) mass is 518 g/mol. The summed E-state index contributed by atoms with van der Waals surface area (Å²) in [6.07, 6.45) is -2.47. The highest BCUT2D eigenvalue weighted by molar-refractivity contribution is 5.85. The van der Waals surface area contributed by atoms with Crippen molar-refractivity contribution in [2.24, 2.45) is 5.73 Å². The number of hydrogen-bond acceptors (Lipinski definition) is 6. The number of pyridine rings is 1. The molecule has 0 saturated carbocycles. The van der Waals surface area contributed by atoms with Crippen LogP contribution in [0.4, 0.5) is 19.0 Å². The number of rotatable bonds is 5. The second-order valence-corrected chi connectivity index (χ2v) is 8.30. The zero-order valence-electron chi connectivity index (χ0n) is 19.2. The Morgan fingerprint density at radius 3 is 2.56 bits per heavy atom. The number of phenols is 1. The van der Waals surface area contributed by atoms with E-state index in [1.165, 1.54) is 18.2 Å². The number of anilines is 1. The Labute approximate surface area is 213 Å². The van der Waals surface area contributed by atoms with Crippen LogP contribution in [-0.4, -0.2) is 23.2 Å². The molecule has 1 unspecified atom stereocenters. The third-order valence-corrected chi connectivity index (χ3v) is 5.95. The molecule has 4 rings (SSSR count). The van der Waals surface area contributed by atoms with Crippen LogP contribution >= 0.6 is 12.4 Å². The summed E-state index contributed by atoms with van der Waals surface area (Å²) >= 11 is 0. The number of nitrogens with zero attached hydrogens (tertiary/aromatic N) is 1. The molecule has 0 spiro atoms. The van der Waals surface area contributed by atoms with Crippen LogP contribution in [0.25, 0.3) is 11.3 Å². The molecule has 1 fully saturated rings. The molecular weight excluding hydrogens is 493 g/mol. The second kappa shape index (κ2) is 11.4. The standard InChI is InChI=1S/C26H25F3N4O2.ClH/c27-26(28,29)18-8-6-16(7-9-18)15-35-23-5-1-4-22(34)24(23)21-13-20(17-3-2-12-32-14-17)19(10-11-30)25(31)33-21;/h1,4-9,13,17,32,34H,2-3,12,14-15,30H2,(H2,31,33);1H. The fourth-order valence-corrected chi connectivity index (χ4v) is 4.21. The van der Waals surface area contributed by atoms with Crippen molar-refractivity contribution >= 4 is 18.2 Å². The summed E-state index contributed by atoms with van der Waals surface area (Å²) in [6.45, 7) is 1.68. The molecule has 1 saturated heterocycles. The topological polar surface area (TPSA) is 106 Å². The van der Waals surface area contributed by atoms with Gasteiger partial charge in [0.05, 0.1) is 22.4 Å². The predicted octanol–water partition coefficient (Wildman–Crippen LogP) is 4.79. The number of hydrogen-bond donors (Lipinski definition) is 4. The molecule has 3 aromatic rings. The number of nitrogens with one attached hydrogen (secondary N) is 1. The van der Waals surface area contributed by atoms with E-state index in [4.69, 9.17) is 16.2 Å². The predicted molar refractivity (Wildman–Crippen MR) is 135 cm³/mol. The first-order valence-corrected chi connectivity index (χ1v) is 11.1. The van der Waals surface area contributed by atoms with E-state index in [0.29, 0.717) is 28.1 Å². The fraction of sp³-hybridized carbons (Fsp3) is 0.269. The fourth-order valence-electron chi connectivity index (χ4n) is 4.21. The van der Waals surface area contributed by atoms with Gasteiger partial charge in [0, 0.05) is 12.6 Å². The lowest BCUT2D eigenvalue weighted by molar-refractivity contribution is -0.137. The summed E-state index contributed by atoms with van der Waals surface area (Å²) in [5.74, 6) is 3.45. The quantitative estimate of drug-likeness (QED) is 0.286. The molecule has 0 amide bonds. The largest absolute Gasteiger partial charge is 0.507 e. The van der Waals surface area contributed by atoms with Gasteiger partial charge in [0.15, 0.2) is 0 Å². The van der Waals surface area contributed by atoms with E-state index in [1.807, 2.05) is 6.07 Å². The van der Waals surface area contributed by atoms with Crippen LogP contribution in [0, 0.1) is 12.0 Å². The Balaban J connectivity index is 0.00000361. The molecule has 1 aliphatic rings. The van der Waals surface area contributed by atoms with E-state index in [0.717, 1.165) is 43.6 Å². The van der Waals surface area contributed by atoms with Crippen LogP contribution in [0.2, 0.25) is 0 Å². The normalized spacial score (nSPS) is 15.4. The highest BCUT2D eigenvalue weighted by atomic mass is 35.5. The summed E-state index contributed by atoms with van der Waals surface area (Å²) in [7, 11) is 0. The van der Waals surface area contributed by atoms with Gasteiger partial charge in [-0.1, -0.05) is 18.2 Å². The molecule has 1 aliphatic heterocycles. The third kappa shape index (κ3) is 5.96. The van der Waals surface area contributed by atoms with Crippen LogP contribution in [-0.2, 0) is 12.8 Å². The van der Waals surface area contributed by atoms with Crippen LogP contribution < -0.4 is 21.5 Å². The first-order valence-electron chi connectivity index (χ1n) is 11.1. The minimum atomic E-state index is -4.41. The van der Waals surface area contributed by atoms with Crippen LogP contribution in [0.1, 0.15) is 41.0 Å². The SMILES string of the molecule is Cl.NC#Cc1c(C2CCCNC2)cc(-c2c(O)cccc2OCc2ccc(C(F)(F)F)cc2)nc1N. The Kier molecular flexibility index (Phi) is 8.56. The Morgan fingerprint density at radius 1 is 1.17 bits per heavy atom. The molecule has 36 heavy (non-hydrogen) atoms. The van der Waals surface area contributed by atoms with Crippen molar-refractivity contribution in [3.63, 3.8) is 0 Å². The van der Waals surface area contributed by atoms with E-state index in [2.05, 4.69) is 22.3 Å². The number of phenolic OH excluding ortho intramolecular Hbond substituents is 1. The van der Waals surface area contributed by atoms with E-state index >= 15 is 0 Å². The number of nitrogen functional groups attached to an aromatic ring is 1. The maximum Gasteiger partial charge on any atom is 0.416 e. The number of ether oxygens (including phenoxy) is 1. The molecular formula is C26H26ClF3N4O2. The first kappa shape index (κ1) is 27.0. The van der Waals surface area contributed by atoms with Crippen molar-refractivity contribution in [2.45, 2.75) is 31.5 Å². The summed E-state index contributed by atoms with van der Waals surface area (Å²) in [6, 6.07) is 13.8. The second-order valence-electron chi connectivity index (χ2n) is 8.30. The van der Waals surface area contributed by atoms with Crippen molar-refractivity contribution in [2.75, 3.05) is 18.8 Å². The molecule has 2 aromatic carbocycles. The van der Waals surface area contributed by atoms with Gasteiger partial charge in [-0.25, -0.2) is 4.98 Å². The number of aromatic nitrogens is 1. The minimum Gasteiger partial charge on any atom is -0.507 e. The number of alkyl halides is 3. The van der Waals surface area contributed by atoms with Gasteiger partial charge in [0.1, 0.15) is 23.9 Å². The van der Waals surface area contributed by atoms with Crippen LogP contribution in [0.15, 0.2) is 48.5 Å². The Morgan fingerprint density at radius 2 is 1.92 bits per heavy atom.